The highest BCUT2D eigenvalue weighted by Gasteiger charge is 2.07. The molecule has 0 amide bonds. The van der Waals surface area contributed by atoms with Gasteiger partial charge in [0.25, 0.3) is 0 Å². The fourth-order valence-corrected chi connectivity index (χ4v) is 1.46. The summed E-state index contributed by atoms with van der Waals surface area (Å²) in [6, 6.07) is 7.24. The van der Waals surface area contributed by atoms with Gasteiger partial charge in [0, 0.05) is 4.47 Å². The first-order valence-corrected chi connectivity index (χ1v) is 4.35. The molecule has 3 heteroatoms. The predicted molar refractivity (Wildman–Crippen MR) is 51.4 cm³/mol. The van der Waals surface area contributed by atoms with Gasteiger partial charge in [-0.05, 0) is 18.6 Å². The van der Waals surface area contributed by atoms with E-state index in [1.807, 2.05) is 31.2 Å². The van der Waals surface area contributed by atoms with Crippen LogP contribution >= 0.6 is 15.9 Å². The minimum absolute atomic E-state index is 0.542. The molecule has 0 saturated heterocycles. The van der Waals surface area contributed by atoms with Crippen LogP contribution in [0.15, 0.2) is 22.7 Å². The fourth-order valence-electron chi connectivity index (χ4n) is 0.971. The summed E-state index contributed by atoms with van der Waals surface area (Å²) < 4.78 is 0.891. The van der Waals surface area contributed by atoms with Crippen LogP contribution in [0.25, 0.3) is 0 Å². The van der Waals surface area contributed by atoms with Gasteiger partial charge in [-0.2, -0.15) is 5.26 Å². The van der Waals surface area contributed by atoms with E-state index in [9.17, 15) is 0 Å². The molecule has 0 unspecified atom stereocenters. The van der Waals surface area contributed by atoms with Gasteiger partial charge in [0.15, 0.2) is 0 Å². The molecule has 0 saturated carbocycles. The van der Waals surface area contributed by atoms with Crippen LogP contribution in [-0.4, -0.2) is 0 Å². The van der Waals surface area contributed by atoms with Crippen LogP contribution in [0.1, 0.15) is 17.2 Å². The Bertz CT molecular complexity index is 328. The monoisotopic (exact) mass is 224 g/mol. The standard InChI is InChI=1S/C9H9BrN2/c1-6-2-3-8(10)7(4-6)9(12)5-11/h2-4,9H,12H2,1H3/t9-/m1/s1. The van der Waals surface area contributed by atoms with E-state index in [4.69, 9.17) is 11.0 Å². The van der Waals surface area contributed by atoms with E-state index < -0.39 is 6.04 Å². The molecule has 62 valence electrons. The van der Waals surface area contributed by atoms with Crippen molar-refractivity contribution in [2.24, 2.45) is 5.73 Å². The second-order valence-corrected chi connectivity index (χ2v) is 3.49. The molecule has 1 aromatic rings. The highest BCUT2D eigenvalue weighted by atomic mass is 79.9. The average molecular weight is 225 g/mol. The van der Waals surface area contributed by atoms with E-state index in [-0.39, 0.29) is 0 Å². The Balaban J connectivity index is 3.15. The minimum Gasteiger partial charge on any atom is -0.312 e. The maximum absolute atomic E-state index is 8.61. The van der Waals surface area contributed by atoms with Crippen LogP contribution in [0.4, 0.5) is 0 Å². The molecule has 0 spiro atoms. The summed E-state index contributed by atoms with van der Waals surface area (Å²) in [6.45, 7) is 1.97. The van der Waals surface area contributed by atoms with Gasteiger partial charge in [0.2, 0.25) is 0 Å². The predicted octanol–water partition coefficient (Wildman–Crippen LogP) is 2.28. The van der Waals surface area contributed by atoms with Gasteiger partial charge in [-0.1, -0.05) is 33.6 Å². The lowest BCUT2D eigenvalue weighted by Crippen LogP contribution is -2.07. The second-order valence-electron chi connectivity index (χ2n) is 2.63. The highest BCUT2D eigenvalue weighted by Crippen LogP contribution is 2.22. The van der Waals surface area contributed by atoms with Crippen molar-refractivity contribution in [3.8, 4) is 6.07 Å². The van der Waals surface area contributed by atoms with Crippen molar-refractivity contribution < 1.29 is 0 Å². The summed E-state index contributed by atoms with van der Waals surface area (Å²) in [4.78, 5) is 0. The number of hydrogen-bond acceptors (Lipinski definition) is 2. The number of hydrogen-bond donors (Lipinski definition) is 1. The third kappa shape index (κ3) is 1.84. The van der Waals surface area contributed by atoms with Crippen molar-refractivity contribution in [2.45, 2.75) is 13.0 Å². The minimum atomic E-state index is -0.542. The quantitative estimate of drug-likeness (QED) is 0.796. The van der Waals surface area contributed by atoms with Crippen LogP contribution in [0.2, 0.25) is 0 Å². The summed E-state index contributed by atoms with van der Waals surface area (Å²) in [6.07, 6.45) is 0. The maximum atomic E-state index is 8.61. The van der Waals surface area contributed by atoms with E-state index >= 15 is 0 Å². The number of benzene rings is 1. The molecule has 0 aliphatic carbocycles. The van der Waals surface area contributed by atoms with Gasteiger partial charge in [0.05, 0.1) is 6.07 Å². The summed E-state index contributed by atoms with van der Waals surface area (Å²) in [5.41, 5.74) is 7.53. The van der Waals surface area contributed by atoms with E-state index in [0.717, 1.165) is 15.6 Å². The molecule has 0 bridgehead atoms. The zero-order valence-electron chi connectivity index (χ0n) is 6.71. The van der Waals surface area contributed by atoms with Crippen LogP contribution in [0.3, 0.4) is 0 Å². The molecule has 0 heterocycles. The summed E-state index contributed by atoms with van der Waals surface area (Å²) in [7, 11) is 0. The first kappa shape index (κ1) is 9.24. The Morgan fingerprint density at radius 3 is 2.83 bits per heavy atom. The molecular formula is C9H9BrN2. The molecular weight excluding hydrogens is 216 g/mol. The third-order valence-electron chi connectivity index (χ3n) is 1.63. The topological polar surface area (TPSA) is 49.8 Å². The van der Waals surface area contributed by atoms with E-state index in [1.54, 1.807) is 0 Å². The molecule has 2 N–H and O–H groups in total. The van der Waals surface area contributed by atoms with Crippen LogP contribution in [0.5, 0.6) is 0 Å². The summed E-state index contributed by atoms with van der Waals surface area (Å²) >= 11 is 3.34. The number of aryl methyl sites for hydroxylation is 1. The third-order valence-corrected chi connectivity index (χ3v) is 2.35. The zero-order chi connectivity index (χ0) is 9.14. The van der Waals surface area contributed by atoms with Crippen LogP contribution in [0, 0.1) is 18.3 Å². The Hall–Kier alpha value is -0.850. The molecule has 12 heavy (non-hydrogen) atoms. The number of nitrogens with two attached hydrogens (primary N) is 1. The van der Waals surface area contributed by atoms with Gasteiger partial charge < -0.3 is 5.73 Å². The Morgan fingerprint density at radius 2 is 2.25 bits per heavy atom. The largest absolute Gasteiger partial charge is 0.312 e. The first-order chi connectivity index (χ1) is 5.65. The Morgan fingerprint density at radius 1 is 1.58 bits per heavy atom. The van der Waals surface area contributed by atoms with E-state index in [1.165, 1.54) is 0 Å². The maximum Gasteiger partial charge on any atom is 0.119 e. The normalized spacial score (nSPS) is 12.2. The smallest absolute Gasteiger partial charge is 0.119 e. The van der Waals surface area contributed by atoms with Crippen molar-refractivity contribution in [1.82, 2.24) is 0 Å². The van der Waals surface area contributed by atoms with Crippen LogP contribution < -0.4 is 5.73 Å². The van der Waals surface area contributed by atoms with Crippen molar-refractivity contribution in [3.63, 3.8) is 0 Å². The number of nitrogens with zero attached hydrogens (tertiary/aromatic N) is 1. The number of halogens is 1. The van der Waals surface area contributed by atoms with Gasteiger partial charge in [0.1, 0.15) is 6.04 Å². The Kier molecular flexibility index (Phi) is 2.85. The summed E-state index contributed by atoms with van der Waals surface area (Å²) in [5, 5.41) is 8.61. The second kappa shape index (κ2) is 3.70. The van der Waals surface area contributed by atoms with E-state index in [0.29, 0.717) is 0 Å². The summed E-state index contributed by atoms with van der Waals surface area (Å²) in [5.74, 6) is 0. The van der Waals surface area contributed by atoms with Gasteiger partial charge in [-0.3, -0.25) is 0 Å². The number of nitriles is 1. The first-order valence-electron chi connectivity index (χ1n) is 3.56. The Labute approximate surface area is 80.1 Å². The van der Waals surface area contributed by atoms with Gasteiger partial charge in [-0.25, -0.2) is 0 Å². The van der Waals surface area contributed by atoms with E-state index in [2.05, 4.69) is 15.9 Å². The molecule has 1 rings (SSSR count). The fraction of sp³-hybridized carbons (Fsp3) is 0.222. The van der Waals surface area contributed by atoms with Gasteiger partial charge >= 0.3 is 0 Å². The lowest BCUT2D eigenvalue weighted by Gasteiger charge is -2.06. The molecule has 0 aliphatic rings. The van der Waals surface area contributed by atoms with Crippen molar-refractivity contribution in [3.05, 3.63) is 33.8 Å². The zero-order valence-corrected chi connectivity index (χ0v) is 8.30. The number of rotatable bonds is 1. The average Bonchev–Trinajstić information content (AvgIpc) is 2.08. The van der Waals surface area contributed by atoms with Gasteiger partial charge in [-0.15, -0.1) is 0 Å². The molecule has 0 fully saturated rings. The van der Waals surface area contributed by atoms with Crippen LogP contribution in [-0.2, 0) is 0 Å². The molecule has 1 atom stereocenters. The van der Waals surface area contributed by atoms with Crippen molar-refractivity contribution >= 4 is 15.9 Å². The van der Waals surface area contributed by atoms with Crippen molar-refractivity contribution in [2.75, 3.05) is 0 Å². The lowest BCUT2D eigenvalue weighted by atomic mass is 10.1. The SMILES string of the molecule is Cc1ccc(Br)c([C@H](N)C#N)c1. The molecule has 2 nitrogen and oxygen atoms in total. The highest BCUT2D eigenvalue weighted by molar-refractivity contribution is 9.10. The van der Waals surface area contributed by atoms with Crippen molar-refractivity contribution in [1.29, 1.82) is 5.26 Å². The molecule has 0 aromatic heterocycles. The molecule has 0 aliphatic heterocycles. The molecule has 0 radical (unpaired) electrons. The lowest BCUT2D eigenvalue weighted by molar-refractivity contribution is 0.917. The molecule has 1 aromatic carbocycles.